The summed E-state index contributed by atoms with van der Waals surface area (Å²) in [4.78, 5) is 69.4. The van der Waals surface area contributed by atoms with Crippen molar-refractivity contribution < 1.29 is 38.6 Å². The van der Waals surface area contributed by atoms with Crippen LogP contribution in [-0.4, -0.2) is 69.5 Å². The van der Waals surface area contributed by atoms with Crippen molar-refractivity contribution in [3.8, 4) is 0 Å². The van der Waals surface area contributed by atoms with Crippen LogP contribution >= 0.6 is 11.8 Å². The maximum Gasteiger partial charge on any atom is 0.356 e. The van der Waals surface area contributed by atoms with Crippen LogP contribution in [0.4, 0.5) is 0 Å². The van der Waals surface area contributed by atoms with Crippen molar-refractivity contribution in [2.24, 2.45) is 0 Å². The highest BCUT2D eigenvalue weighted by molar-refractivity contribution is 8.00. The van der Waals surface area contributed by atoms with Crippen LogP contribution < -0.4 is 10.6 Å². The number of aliphatic hydroxyl groups is 1. The third-order valence-corrected chi connectivity index (χ3v) is 11.5. The molecule has 2 heterocycles. The molecular weight excluding hydrogens is 767 g/mol. The maximum absolute atomic E-state index is 13.9. The molecule has 5 aromatic rings. The number of hydrogen-bond acceptors (Lipinski definition) is 9. The van der Waals surface area contributed by atoms with Crippen molar-refractivity contribution in [1.82, 2.24) is 15.5 Å². The predicted octanol–water partition coefficient (Wildman–Crippen LogP) is 6.27. The first-order valence-electron chi connectivity index (χ1n) is 19.4. The quantitative estimate of drug-likeness (QED) is 0.0775. The van der Waals surface area contributed by atoms with E-state index in [2.05, 4.69) is 10.6 Å². The summed E-state index contributed by atoms with van der Waals surface area (Å²) in [6, 6.07) is 43.6. The molecule has 3 amide bonds. The number of hydrogen-bond donors (Lipinski definition) is 3. The average molecular weight is 810 g/mol. The molecule has 0 radical (unpaired) electrons. The highest BCUT2D eigenvalue weighted by Crippen LogP contribution is 2.41. The molecule has 300 valence electrons. The molecule has 0 aromatic heterocycles. The molecule has 2 unspecified atom stereocenters. The van der Waals surface area contributed by atoms with Gasteiger partial charge in [-0.05, 0) is 52.8 Å². The molecular formula is C47H43N3O8S. The Morgan fingerprint density at radius 3 is 1.66 bits per heavy atom. The molecule has 59 heavy (non-hydrogen) atoms. The first-order valence-corrected chi connectivity index (χ1v) is 20.4. The fourth-order valence-corrected chi connectivity index (χ4v) is 8.45. The smallest absolute Gasteiger partial charge is 0.356 e. The maximum atomic E-state index is 13.9. The van der Waals surface area contributed by atoms with Gasteiger partial charge >= 0.3 is 11.9 Å². The second-order valence-corrected chi connectivity index (χ2v) is 15.2. The summed E-state index contributed by atoms with van der Waals surface area (Å²) in [7, 11) is 0. The van der Waals surface area contributed by atoms with Gasteiger partial charge in [-0.15, -0.1) is 11.8 Å². The van der Waals surface area contributed by atoms with Crippen LogP contribution in [0.2, 0.25) is 0 Å². The van der Waals surface area contributed by atoms with Gasteiger partial charge < -0.3 is 25.2 Å². The number of thioether (sulfide) groups is 1. The van der Waals surface area contributed by atoms with Crippen LogP contribution in [0.25, 0.3) is 0 Å². The lowest BCUT2D eigenvalue weighted by Gasteiger charge is -2.49. The van der Waals surface area contributed by atoms with Crippen molar-refractivity contribution in [1.29, 1.82) is 0 Å². The largest absolute Gasteiger partial charge is 0.451 e. The Bertz CT molecular complexity index is 2200. The van der Waals surface area contributed by atoms with E-state index in [-0.39, 0.29) is 30.7 Å². The summed E-state index contributed by atoms with van der Waals surface area (Å²) in [5.74, 6) is -2.58. The minimum Gasteiger partial charge on any atom is -0.451 e. The minimum atomic E-state index is -1.09. The molecule has 0 aliphatic carbocycles. The molecule has 1 fully saturated rings. The highest BCUT2D eigenvalue weighted by atomic mass is 32.2. The highest BCUT2D eigenvalue weighted by Gasteiger charge is 2.54. The number of esters is 2. The molecule has 3 N–H and O–H groups in total. The minimum absolute atomic E-state index is 0.0246. The fraction of sp³-hybridized carbons (Fsp3) is 0.213. The summed E-state index contributed by atoms with van der Waals surface area (Å²) in [5.41, 5.74) is 3.67. The number of carbonyl (C=O) groups is 5. The number of carbonyl (C=O) groups excluding carboxylic acids is 5. The number of β-lactam (4-membered cyclic amide) rings is 1. The molecule has 7 rings (SSSR count). The number of aliphatic hydroxyl groups excluding tert-OH is 1. The second kappa shape index (κ2) is 19.3. The van der Waals surface area contributed by atoms with Gasteiger partial charge in [0.2, 0.25) is 5.91 Å². The van der Waals surface area contributed by atoms with Crippen LogP contribution in [0.5, 0.6) is 0 Å². The lowest BCUT2D eigenvalue weighted by molar-refractivity contribution is -0.154. The molecule has 2 aliphatic heterocycles. The second-order valence-electron chi connectivity index (χ2n) is 14.1. The van der Waals surface area contributed by atoms with Crippen molar-refractivity contribution in [2.45, 2.75) is 48.9 Å². The molecule has 12 heteroatoms. The van der Waals surface area contributed by atoms with Crippen LogP contribution in [0, 0.1) is 0 Å². The molecule has 1 saturated heterocycles. The summed E-state index contributed by atoms with van der Waals surface area (Å²) >= 11 is 1.33. The van der Waals surface area contributed by atoms with Gasteiger partial charge in [0.25, 0.3) is 11.8 Å². The topological polar surface area (TPSA) is 151 Å². The summed E-state index contributed by atoms with van der Waals surface area (Å²) in [5, 5.41) is 15.2. The molecule has 2 aliphatic rings. The third-order valence-electron chi connectivity index (χ3n) is 10.1. The molecule has 5 aromatic carbocycles. The lowest BCUT2D eigenvalue weighted by Crippen LogP contribution is -2.70. The normalized spacial score (nSPS) is 16.5. The van der Waals surface area contributed by atoms with E-state index in [1.807, 2.05) is 121 Å². The first kappa shape index (κ1) is 40.7. The summed E-state index contributed by atoms with van der Waals surface area (Å²) in [6.45, 7) is -0.450. The number of benzene rings is 5. The zero-order valence-electron chi connectivity index (χ0n) is 32.0. The predicted molar refractivity (Wildman–Crippen MR) is 222 cm³/mol. The number of rotatable bonds is 16. The Labute approximate surface area is 346 Å². The number of nitrogens with zero attached hydrogens (tertiary/aromatic N) is 1. The molecule has 3 atom stereocenters. The zero-order chi connectivity index (χ0) is 41.1. The van der Waals surface area contributed by atoms with E-state index in [4.69, 9.17) is 9.47 Å². The van der Waals surface area contributed by atoms with Crippen molar-refractivity contribution in [3.63, 3.8) is 0 Å². The van der Waals surface area contributed by atoms with E-state index < -0.39 is 65.9 Å². The fourth-order valence-electron chi connectivity index (χ4n) is 7.12. The number of nitrogens with one attached hydrogen (secondary N) is 2. The third kappa shape index (κ3) is 9.63. The van der Waals surface area contributed by atoms with E-state index in [1.165, 1.54) is 16.7 Å². The number of fused-ring (bicyclic) bond motifs is 1. The number of ether oxygens (including phenoxy) is 2. The van der Waals surface area contributed by atoms with E-state index in [1.54, 1.807) is 30.3 Å². The van der Waals surface area contributed by atoms with Crippen molar-refractivity contribution in [2.75, 3.05) is 12.4 Å². The Hall–Kier alpha value is -6.50. The Balaban J connectivity index is 1.01. The van der Waals surface area contributed by atoms with Gasteiger partial charge in [-0.3, -0.25) is 19.3 Å². The lowest BCUT2D eigenvalue weighted by atomic mass is 10.0. The zero-order valence-corrected chi connectivity index (χ0v) is 32.8. The standard InChI is InChI=1S/C47H43N3O8S/c51-29-36-30-59-45-39(44(54)50(45)40(36)47(56)58-42(33-21-10-3-11-22-33)34-23-12-4-13-24-34)49-38(52)28-16-27-37(48-43(53)35-25-14-5-15-26-35)46(55)57-41(31-17-6-1-7-18-31)32-19-8-2-9-20-32/h1-15,17-26,37,39,41-42,45,51H,16,27-30H2,(H,48,53)(H,49,52)/t37?,39?,45-/m1/s1. The first-order chi connectivity index (χ1) is 28.8. The number of amides is 3. The van der Waals surface area contributed by atoms with E-state index in [0.29, 0.717) is 11.1 Å². The monoisotopic (exact) mass is 809 g/mol. The van der Waals surface area contributed by atoms with E-state index in [0.717, 1.165) is 22.3 Å². The van der Waals surface area contributed by atoms with Crippen molar-refractivity contribution in [3.05, 3.63) is 191 Å². The van der Waals surface area contributed by atoms with Crippen LogP contribution in [0.1, 0.15) is 64.1 Å². The molecule has 0 saturated carbocycles. The van der Waals surface area contributed by atoms with Crippen LogP contribution in [0.15, 0.2) is 163 Å². The summed E-state index contributed by atoms with van der Waals surface area (Å²) in [6.07, 6.45) is -1.31. The van der Waals surface area contributed by atoms with Gasteiger partial charge in [0.15, 0.2) is 12.2 Å². The van der Waals surface area contributed by atoms with Gasteiger partial charge in [-0.25, -0.2) is 9.59 Å². The van der Waals surface area contributed by atoms with Gasteiger partial charge in [0.1, 0.15) is 23.2 Å². The van der Waals surface area contributed by atoms with Gasteiger partial charge in [-0.1, -0.05) is 140 Å². The molecule has 11 nitrogen and oxygen atoms in total. The average Bonchev–Trinajstić information content (AvgIpc) is 3.29. The molecule has 0 spiro atoms. The Morgan fingerprint density at radius 1 is 0.695 bits per heavy atom. The van der Waals surface area contributed by atoms with Gasteiger partial charge in [0, 0.05) is 17.7 Å². The SMILES string of the molecule is O=C(CCCC(NC(=O)c1ccccc1)C(=O)OC(c1ccccc1)c1ccccc1)NC1C(=O)N2C(C(=O)OC(c3ccccc3)c3ccccc3)=C(CO)CS[C@H]12. The van der Waals surface area contributed by atoms with Crippen LogP contribution in [0.3, 0.4) is 0 Å². The van der Waals surface area contributed by atoms with E-state index in [9.17, 15) is 29.1 Å². The van der Waals surface area contributed by atoms with Crippen LogP contribution in [-0.2, 0) is 28.7 Å². The van der Waals surface area contributed by atoms with E-state index >= 15 is 0 Å². The van der Waals surface area contributed by atoms with Gasteiger partial charge in [-0.2, -0.15) is 0 Å². The van der Waals surface area contributed by atoms with Crippen molar-refractivity contribution >= 4 is 41.4 Å². The molecule has 0 bridgehead atoms. The summed E-state index contributed by atoms with van der Waals surface area (Å²) < 4.78 is 12.2. The van der Waals surface area contributed by atoms with Gasteiger partial charge in [0.05, 0.1) is 6.61 Å². The Kier molecular flexibility index (Phi) is 13.3. The Morgan fingerprint density at radius 2 is 1.17 bits per heavy atom.